The molecule has 2 aromatic rings. The minimum absolute atomic E-state index is 0.206. The Morgan fingerprint density at radius 2 is 1.74 bits per heavy atom. The van der Waals surface area contributed by atoms with Gasteiger partial charge >= 0.3 is 0 Å². The van der Waals surface area contributed by atoms with Crippen LogP contribution in [-0.4, -0.2) is 12.0 Å². The fraction of sp³-hybridized carbons (Fsp3) is 0.316. The second kappa shape index (κ2) is 7.27. The molecule has 0 aliphatic heterocycles. The molecule has 0 bridgehead atoms. The van der Waals surface area contributed by atoms with Crippen LogP contribution >= 0.6 is 0 Å². The van der Waals surface area contributed by atoms with E-state index in [1.165, 1.54) is 12.1 Å². The number of rotatable bonds is 5. The van der Waals surface area contributed by atoms with Gasteiger partial charge in [0.05, 0.1) is 6.04 Å². The number of hydrogen-bond acceptors (Lipinski definition) is 2. The van der Waals surface area contributed by atoms with Crippen LogP contribution in [-0.2, 0) is 4.79 Å². The van der Waals surface area contributed by atoms with Gasteiger partial charge in [-0.2, -0.15) is 0 Å². The normalized spacial score (nSPS) is 13.3. The monoisotopic (exact) mass is 315 g/mol. The van der Waals surface area contributed by atoms with Crippen molar-refractivity contribution in [2.45, 2.75) is 39.8 Å². The summed E-state index contributed by atoms with van der Waals surface area (Å²) in [4.78, 5) is 12.3. The Balaban J connectivity index is 1.99. The third-order valence-electron chi connectivity index (χ3n) is 3.96. The molecule has 122 valence electrons. The Morgan fingerprint density at radius 1 is 1.09 bits per heavy atom. The maximum atomic E-state index is 12.9. The number of carbonyl (C=O) groups is 1. The number of halogens is 1. The van der Waals surface area contributed by atoms with E-state index in [0.717, 1.165) is 16.7 Å². The van der Waals surface area contributed by atoms with Crippen LogP contribution in [0.1, 0.15) is 36.6 Å². The van der Waals surface area contributed by atoms with E-state index in [4.69, 9.17) is 4.74 Å². The molecule has 0 fully saturated rings. The SMILES string of the molecule is Cc1cccc(O[C@H](C)C(=O)N[C@H](C)c2ccc(F)cc2)c1C. The molecular formula is C19H22FNO2. The van der Waals surface area contributed by atoms with Crippen molar-refractivity contribution in [2.24, 2.45) is 0 Å². The van der Waals surface area contributed by atoms with Crippen LogP contribution in [0.5, 0.6) is 5.75 Å². The predicted molar refractivity (Wildman–Crippen MR) is 89.0 cm³/mol. The first-order valence-corrected chi connectivity index (χ1v) is 7.67. The molecular weight excluding hydrogens is 293 g/mol. The second-order valence-corrected chi connectivity index (χ2v) is 5.74. The maximum Gasteiger partial charge on any atom is 0.261 e. The van der Waals surface area contributed by atoms with E-state index in [1.54, 1.807) is 19.1 Å². The largest absolute Gasteiger partial charge is 0.481 e. The highest BCUT2D eigenvalue weighted by Gasteiger charge is 2.18. The molecule has 0 heterocycles. The smallest absolute Gasteiger partial charge is 0.261 e. The van der Waals surface area contributed by atoms with Crippen molar-refractivity contribution in [3.8, 4) is 5.75 Å². The van der Waals surface area contributed by atoms with Crippen LogP contribution in [0.3, 0.4) is 0 Å². The van der Waals surface area contributed by atoms with Gasteiger partial charge < -0.3 is 10.1 Å². The third kappa shape index (κ3) is 4.31. The molecule has 3 nitrogen and oxygen atoms in total. The number of amides is 1. The van der Waals surface area contributed by atoms with Gasteiger partial charge in [-0.3, -0.25) is 4.79 Å². The number of hydrogen-bond donors (Lipinski definition) is 1. The zero-order valence-corrected chi connectivity index (χ0v) is 13.9. The van der Waals surface area contributed by atoms with Crippen molar-refractivity contribution in [2.75, 3.05) is 0 Å². The third-order valence-corrected chi connectivity index (χ3v) is 3.96. The van der Waals surface area contributed by atoms with Gasteiger partial charge in [-0.15, -0.1) is 0 Å². The molecule has 0 aromatic heterocycles. The van der Waals surface area contributed by atoms with Crippen molar-refractivity contribution in [3.05, 3.63) is 65.0 Å². The Labute approximate surface area is 136 Å². The van der Waals surface area contributed by atoms with Crippen molar-refractivity contribution in [1.29, 1.82) is 0 Å². The van der Waals surface area contributed by atoms with Crippen molar-refractivity contribution in [3.63, 3.8) is 0 Å². The summed E-state index contributed by atoms with van der Waals surface area (Å²) in [5, 5.41) is 2.88. The molecule has 23 heavy (non-hydrogen) atoms. The van der Waals surface area contributed by atoms with Gasteiger partial charge in [0.25, 0.3) is 5.91 Å². The van der Waals surface area contributed by atoms with E-state index in [-0.39, 0.29) is 17.8 Å². The lowest BCUT2D eigenvalue weighted by molar-refractivity contribution is -0.127. The van der Waals surface area contributed by atoms with Crippen LogP contribution in [0.2, 0.25) is 0 Å². The molecule has 0 saturated carbocycles. The van der Waals surface area contributed by atoms with Gasteiger partial charge in [-0.05, 0) is 62.6 Å². The summed E-state index contributed by atoms with van der Waals surface area (Å²) in [5.41, 5.74) is 2.99. The maximum absolute atomic E-state index is 12.9. The average molecular weight is 315 g/mol. The minimum atomic E-state index is -0.613. The molecule has 4 heteroatoms. The molecule has 2 rings (SSSR count). The fourth-order valence-electron chi connectivity index (χ4n) is 2.26. The van der Waals surface area contributed by atoms with Gasteiger partial charge in [-0.1, -0.05) is 24.3 Å². The quantitative estimate of drug-likeness (QED) is 0.902. The first kappa shape index (κ1) is 17.0. The van der Waals surface area contributed by atoms with Crippen LogP contribution in [0.4, 0.5) is 4.39 Å². The molecule has 0 unspecified atom stereocenters. The molecule has 2 aromatic carbocycles. The molecule has 0 spiro atoms. The van der Waals surface area contributed by atoms with Crippen LogP contribution in [0.15, 0.2) is 42.5 Å². The van der Waals surface area contributed by atoms with E-state index >= 15 is 0 Å². The van der Waals surface area contributed by atoms with E-state index in [0.29, 0.717) is 5.75 Å². The summed E-state index contributed by atoms with van der Waals surface area (Å²) in [6, 6.07) is 11.6. The highest BCUT2D eigenvalue weighted by Crippen LogP contribution is 2.22. The van der Waals surface area contributed by atoms with E-state index < -0.39 is 6.10 Å². The van der Waals surface area contributed by atoms with E-state index in [9.17, 15) is 9.18 Å². The van der Waals surface area contributed by atoms with Crippen LogP contribution in [0.25, 0.3) is 0 Å². The summed E-state index contributed by atoms with van der Waals surface area (Å²) < 4.78 is 18.7. The summed E-state index contributed by atoms with van der Waals surface area (Å²) in [5.74, 6) is 0.212. The van der Waals surface area contributed by atoms with Gasteiger partial charge in [-0.25, -0.2) is 4.39 Å². The van der Waals surface area contributed by atoms with E-state index in [2.05, 4.69) is 5.32 Å². The Kier molecular flexibility index (Phi) is 5.37. The average Bonchev–Trinajstić information content (AvgIpc) is 2.52. The van der Waals surface area contributed by atoms with Crippen molar-refractivity contribution < 1.29 is 13.9 Å². The lowest BCUT2D eigenvalue weighted by Crippen LogP contribution is -2.37. The Morgan fingerprint density at radius 3 is 2.39 bits per heavy atom. The Bertz CT molecular complexity index is 682. The van der Waals surface area contributed by atoms with Crippen molar-refractivity contribution in [1.82, 2.24) is 5.32 Å². The second-order valence-electron chi connectivity index (χ2n) is 5.74. The van der Waals surface area contributed by atoms with Gasteiger partial charge in [0.15, 0.2) is 6.10 Å². The number of carbonyl (C=O) groups excluding carboxylic acids is 1. The standard InChI is InChI=1S/C19H22FNO2/c1-12-6-5-7-18(13(12)2)23-15(4)19(22)21-14(3)16-8-10-17(20)11-9-16/h5-11,14-15H,1-4H3,(H,21,22)/t14-,15-/m1/s1. The molecule has 0 radical (unpaired) electrons. The number of ether oxygens (including phenoxy) is 1. The van der Waals surface area contributed by atoms with Crippen molar-refractivity contribution >= 4 is 5.91 Å². The molecule has 0 aliphatic rings. The zero-order chi connectivity index (χ0) is 17.0. The lowest BCUT2D eigenvalue weighted by atomic mass is 10.1. The molecule has 1 amide bonds. The Hall–Kier alpha value is -2.36. The summed E-state index contributed by atoms with van der Waals surface area (Å²) >= 11 is 0. The summed E-state index contributed by atoms with van der Waals surface area (Å²) in [6.45, 7) is 7.55. The number of benzene rings is 2. The van der Waals surface area contributed by atoms with Gasteiger partial charge in [0, 0.05) is 0 Å². The first-order chi connectivity index (χ1) is 10.9. The molecule has 1 N–H and O–H groups in total. The minimum Gasteiger partial charge on any atom is -0.481 e. The topological polar surface area (TPSA) is 38.3 Å². The predicted octanol–water partition coefficient (Wildman–Crippen LogP) is 4.09. The molecule has 2 atom stereocenters. The molecule has 0 saturated heterocycles. The van der Waals surface area contributed by atoms with Gasteiger partial charge in [0.1, 0.15) is 11.6 Å². The van der Waals surface area contributed by atoms with Gasteiger partial charge in [0.2, 0.25) is 0 Å². The highest BCUT2D eigenvalue weighted by atomic mass is 19.1. The number of aryl methyl sites for hydroxylation is 1. The highest BCUT2D eigenvalue weighted by molar-refractivity contribution is 5.81. The fourth-order valence-corrected chi connectivity index (χ4v) is 2.26. The van der Waals surface area contributed by atoms with E-state index in [1.807, 2.05) is 39.0 Å². The summed E-state index contributed by atoms with van der Waals surface area (Å²) in [6.07, 6.45) is -0.613. The number of nitrogens with one attached hydrogen (secondary N) is 1. The first-order valence-electron chi connectivity index (χ1n) is 7.67. The lowest BCUT2D eigenvalue weighted by Gasteiger charge is -2.20. The molecule has 0 aliphatic carbocycles. The van der Waals surface area contributed by atoms with Crippen LogP contribution in [0, 0.1) is 19.7 Å². The summed E-state index contributed by atoms with van der Waals surface area (Å²) in [7, 11) is 0. The van der Waals surface area contributed by atoms with Crippen LogP contribution < -0.4 is 10.1 Å². The zero-order valence-electron chi connectivity index (χ0n) is 13.9.